The number of carbonyl (C=O) groups excluding carboxylic acids is 3. The van der Waals surface area contributed by atoms with Crippen LogP contribution in [0.25, 0.3) is 10.9 Å². The molecule has 0 radical (unpaired) electrons. The van der Waals surface area contributed by atoms with E-state index in [0.717, 1.165) is 4.90 Å². The van der Waals surface area contributed by atoms with Crippen LogP contribution < -0.4 is 10.9 Å². The van der Waals surface area contributed by atoms with Crippen molar-refractivity contribution in [1.82, 2.24) is 19.8 Å². The molecule has 1 aliphatic rings. The predicted octanol–water partition coefficient (Wildman–Crippen LogP) is 1.81. The molecular weight excluding hydrogens is 374 g/mol. The molecule has 0 aliphatic carbocycles. The van der Waals surface area contributed by atoms with Gasteiger partial charge in [-0.3, -0.25) is 19.3 Å². The van der Waals surface area contributed by atoms with Crippen LogP contribution in [0.4, 0.5) is 10.5 Å². The van der Waals surface area contributed by atoms with Crippen LogP contribution in [0, 0.1) is 0 Å². The fourth-order valence-electron chi connectivity index (χ4n) is 3.16. The van der Waals surface area contributed by atoms with Gasteiger partial charge in [0.2, 0.25) is 0 Å². The van der Waals surface area contributed by atoms with E-state index in [1.54, 1.807) is 37.4 Å². The maximum absolute atomic E-state index is 12.5. The Labute approximate surface area is 165 Å². The zero-order chi connectivity index (χ0) is 20.7. The number of nitrogens with zero attached hydrogens (tertiary/aromatic N) is 3. The van der Waals surface area contributed by atoms with Crippen molar-refractivity contribution < 1.29 is 14.4 Å². The summed E-state index contributed by atoms with van der Waals surface area (Å²) >= 11 is 0. The molecular formula is C20H17N5O4. The first kappa shape index (κ1) is 18.4. The van der Waals surface area contributed by atoms with Crippen LogP contribution in [-0.2, 0) is 6.54 Å². The molecule has 2 aromatic carbocycles. The van der Waals surface area contributed by atoms with Gasteiger partial charge in [-0.2, -0.15) is 0 Å². The first-order chi connectivity index (χ1) is 13.8. The van der Waals surface area contributed by atoms with Gasteiger partial charge >= 0.3 is 6.03 Å². The number of carbonyl (C=O) groups is 3. The molecule has 2 N–H and O–H groups in total. The van der Waals surface area contributed by atoms with E-state index in [1.807, 2.05) is 0 Å². The molecule has 2 heterocycles. The van der Waals surface area contributed by atoms with Crippen molar-refractivity contribution in [2.45, 2.75) is 6.54 Å². The van der Waals surface area contributed by atoms with Crippen molar-refractivity contribution >= 4 is 34.4 Å². The Kier molecular flexibility index (Phi) is 4.34. The molecule has 0 spiro atoms. The van der Waals surface area contributed by atoms with Gasteiger partial charge < -0.3 is 15.2 Å². The summed E-state index contributed by atoms with van der Waals surface area (Å²) in [5.74, 6) is -0.429. The van der Waals surface area contributed by atoms with Gasteiger partial charge in [0.1, 0.15) is 5.82 Å². The number of para-hydroxylation sites is 1. The molecule has 146 valence electrons. The van der Waals surface area contributed by atoms with Crippen LogP contribution in [0.1, 0.15) is 26.5 Å². The SMILES string of the molecule is CN(Cc1nc2ccccc2c(=O)[nH]1)C(=O)Nc1ccc2c(c1)C(=O)N(C)C2=O. The third-order valence-corrected chi connectivity index (χ3v) is 4.74. The number of H-pyrrole nitrogens is 1. The minimum Gasteiger partial charge on any atom is -0.320 e. The number of aromatic amines is 1. The third kappa shape index (κ3) is 3.22. The smallest absolute Gasteiger partial charge is 0.320 e. The lowest BCUT2D eigenvalue weighted by atomic mass is 10.1. The maximum Gasteiger partial charge on any atom is 0.321 e. The molecule has 0 fully saturated rings. The van der Waals surface area contributed by atoms with E-state index < -0.39 is 11.9 Å². The van der Waals surface area contributed by atoms with E-state index >= 15 is 0 Å². The fraction of sp³-hybridized carbons (Fsp3) is 0.150. The highest BCUT2D eigenvalue weighted by Crippen LogP contribution is 2.24. The van der Waals surface area contributed by atoms with Crippen molar-refractivity contribution in [3.63, 3.8) is 0 Å². The summed E-state index contributed by atoms with van der Waals surface area (Å²) in [5, 5.41) is 3.16. The Morgan fingerprint density at radius 3 is 2.62 bits per heavy atom. The van der Waals surface area contributed by atoms with Crippen LogP contribution in [0.15, 0.2) is 47.3 Å². The van der Waals surface area contributed by atoms with Gasteiger partial charge in [-0.15, -0.1) is 0 Å². The van der Waals surface area contributed by atoms with E-state index in [0.29, 0.717) is 28.0 Å². The molecule has 4 rings (SSSR count). The Balaban J connectivity index is 1.50. The number of nitrogens with one attached hydrogen (secondary N) is 2. The van der Waals surface area contributed by atoms with E-state index in [4.69, 9.17) is 0 Å². The van der Waals surface area contributed by atoms with Crippen LogP contribution in [0.2, 0.25) is 0 Å². The largest absolute Gasteiger partial charge is 0.321 e. The average Bonchev–Trinajstić information content (AvgIpc) is 2.92. The zero-order valence-electron chi connectivity index (χ0n) is 15.7. The summed E-state index contributed by atoms with van der Waals surface area (Å²) in [5.41, 5.74) is 1.22. The van der Waals surface area contributed by atoms with E-state index in [9.17, 15) is 19.2 Å². The number of imide groups is 1. The van der Waals surface area contributed by atoms with Crippen LogP contribution >= 0.6 is 0 Å². The number of anilines is 1. The minimum absolute atomic E-state index is 0.0804. The molecule has 29 heavy (non-hydrogen) atoms. The molecule has 0 unspecified atom stereocenters. The van der Waals surface area contributed by atoms with E-state index in [2.05, 4.69) is 15.3 Å². The number of hydrogen-bond acceptors (Lipinski definition) is 5. The monoisotopic (exact) mass is 391 g/mol. The Morgan fingerprint density at radius 1 is 1.10 bits per heavy atom. The molecule has 3 aromatic rings. The van der Waals surface area contributed by atoms with Gasteiger partial charge in [0, 0.05) is 19.8 Å². The predicted molar refractivity (Wildman–Crippen MR) is 106 cm³/mol. The fourth-order valence-corrected chi connectivity index (χ4v) is 3.16. The normalized spacial score (nSPS) is 13.0. The zero-order valence-corrected chi connectivity index (χ0v) is 15.7. The summed E-state index contributed by atoms with van der Waals surface area (Å²) in [6.45, 7) is 0.0804. The number of urea groups is 1. The van der Waals surface area contributed by atoms with E-state index in [1.165, 1.54) is 24.1 Å². The average molecular weight is 391 g/mol. The van der Waals surface area contributed by atoms with E-state index in [-0.39, 0.29) is 23.6 Å². The summed E-state index contributed by atoms with van der Waals surface area (Å²) in [7, 11) is 2.97. The van der Waals surface area contributed by atoms with Crippen molar-refractivity contribution in [1.29, 1.82) is 0 Å². The Hall–Kier alpha value is -4.01. The van der Waals surface area contributed by atoms with Crippen LogP contribution in [0.3, 0.4) is 0 Å². The molecule has 9 nitrogen and oxygen atoms in total. The lowest BCUT2D eigenvalue weighted by molar-refractivity contribution is 0.0693. The maximum atomic E-state index is 12.5. The van der Waals surface area contributed by atoms with Gasteiger partial charge in [-0.05, 0) is 30.3 Å². The number of benzene rings is 2. The van der Waals surface area contributed by atoms with Gasteiger partial charge in [0.25, 0.3) is 17.4 Å². The number of aromatic nitrogens is 2. The van der Waals surface area contributed by atoms with Gasteiger partial charge in [0.15, 0.2) is 0 Å². The quantitative estimate of drug-likeness (QED) is 0.661. The number of rotatable bonds is 3. The number of amides is 4. The molecule has 4 amide bonds. The third-order valence-electron chi connectivity index (χ3n) is 4.74. The van der Waals surface area contributed by atoms with Gasteiger partial charge in [-0.25, -0.2) is 9.78 Å². The summed E-state index contributed by atoms with van der Waals surface area (Å²) in [6.07, 6.45) is 0. The van der Waals surface area contributed by atoms with Crippen LogP contribution in [-0.4, -0.2) is 51.7 Å². The molecule has 1 aliphatic heterocycles. The van der Waals surface area contributed by atoms with Crippen molar-refractivity contribution in [3.8, 4) is 0 Å². The topological polar surface area (TPSA) is 115 Å². The molecule has 0 saturated carbocycles. The highest BCUT2D eigenvalue weighted by molar-refractivity contribution is 6.21. The lowest BCUT2D eigenvalue weighted by Gasteiger charge is -2.17. The molecule has 0 saturated heterocycles. The molecule has 0 atom stereocenters. The summed E-state index contributed by atoms with van der Waals surface area (Å²) < 4.78 is 0. The molecule has 9 heteroatoms. The Morgan fingerprint density at radius 2 is 1.83 bits per heavy atom. The standard InChI is InChI=1S/C20H17N5O4/c1-24(10-16-22-15-6-4-3-5-13(15)17(26)23-16)20(29)21-11-7-8-12-14(9-11)19(28)25(2)18(12)27/h3-9H,10H2,1-2H3,(H,21,29)(H,22,23,26). The minimum atomic E-state index is -0.453. The highest BCUT2D eigenvalue weighted by atomic mass is 16.2. The van der Waals surface area contributed by atoms with Gasteiger partial charge in [0.05, 0.1) is 28.6 Å². The van der Waals surface area contributed by atoms with Crippen LogP contribution in [0.5, 0.6) is 0 Å². The van der Waals surface area contributed by atoms with Crippen molar-refractivity contribution in [2.24, 2.45) is 0 Å². The van der Waals surface area contributed by atoms with Crippen molar-refractivity contribution in [2.75, 3.05) is 19.4 Å². The molecule has 0 bridgehead atoms. The lowest BCUT2D eigenvalue weighted by Crippen LogP contribution is -2.32. The van der Waals surface area contributed by atoms with Gasteiger partial charge in [-0.1, -0.05) is 12.1 Å². The number of fused-ring (bicyclic) bond motifs is 2. The second-order valence-corrected chi connectivity index (χ2v) is 6.75. The number of hydrogen-bond donors (Lipinski definition) is 2. The second-order valence-electron chi connectivity index (χ2n) is 6.75. The molecule has 1 aromatic heterocycles. The first-order valence-corrected chi connectivity index (χ1v) is 8.81. The second kappa shape index (κ2) is 6.86. The van der Waals surface area contributed by atoms with Crippen molar-refractivity contribution in [3.05, 3.63) is 69.8 Å². The summed E-state index contributed by atoms with van der Waals surface area (Å²) in [4.78, 5) is 58.1. The Bertz CT molecular complexity index is 1230. The highest BCUT2D eigenvalue weighted by Gasteiger charge is 2.32. The first-order valence-electron chi connectivity index (χ1n) is 8.81. The summed E-state index contributed by atoms with van der Waals surface area (Å²) in [6, 6.07) is 11.0.